The Balaban J connectivity index is 1.64. The Kier molecular flexibility index (Phi) is 7.33. The summed E-state index contributed by atoms with van der Waals surface area (Å²) >= 11 is 13.4. The van der Waals surface area contributed by atoms with Crippen LogP contribution in [0.4, 0.5) is 9.52 Å². The fourth-order valence-electron chi connectivity index (χ4n) is 2.91. The average molecular weight is 544 g/mol. The number of hydrogen-bond acceptors (Lipinski definition) is 8. The van der Waals surface area contributed by atoms with Gasteiger partial charge in [-0.2, -0.15) is 5.10 Å². The van der Waals surface area contributed by atoms with Crippen LogP contribution in [0.15, 0.2) is 53.0 Å². The van der Waals surface area contributed by atoms with Gasteiger partial charge in [0.1, 0.15) is 27.7 Å². The number of methoxy groups -OCH3 is 1. The van der Waals surface area contributed by atoms with Gasteiger partial charge in [0.15, 0.2) is 0 Å². The largest absolute Gasteiger partial charge is 0.455 e. The predicted molar refractivity (Wildman–Crippen MR) is 127 cm³/mol. The molecule has 0 unspecified atom stereocenters. The predicted octanol–water partition coefficient (Wildman–Crippen LogP) is 5.09. The Hall–Kier alpha value is -2.77. The molecule has 0 aliphatic heterocycles. The molecule has 2 aromatic heterocycles. The molecule has 4 aromatic rings. The van der Waals surface area contributed by atoms with E-state index in [1.54, 1.807) is 42.3 Å². The summed E-state index contributed by atoms with van der Waals surface area (Å²) in [7, 11) is -2.69. The third-order valence-corrected chi connectivity index (χ3v) is 7.08. The smallest absolute Gasteiger partial charge is 0.266 e. The van der Waals surface area contributed by atoms with Crippen molar-refractivity contribution in [1.82, 2.24) is 20.0 Å². The molecule has 2 aromatic carbocycles. The van der Waals surface area contributed by atoms with Crippen LogP contribution >= 0.6 is 34.5 Å². The standard InChI is InChI=1S/C20H16Cl2FN5O4S2/c1-31-7-6-28-5-4-16(26-28)13-8-12(21)2-3-17(13)32-18-10-15(23)19(9-14(18)22)34(29,30)27-20-25-24-11-33-20/h2-5,8-11H,6-7H2,1H3,(H,25,27). The second kappa shape index (κ2) is 10.2. The molecule has 2 heterocycles. The molecule has 4 rings (SSSR count). The second-order valence-corrected chi connectivity index (χ2v) is 10.1. The molecule has 1 N–H and O–H groups in total. The minimum absolute atomic E-state index is 0.00779. The Labute approximate surface area is 208 Å². The number of nitrogens with zero attached hydrogens (tertiary/aromatic N) is 4. The lowest BCUT2D eigenvalue weighted by molar-refractivity contribution is 0.183. The topological polar surface area (TPSA) is 108 Å². The first-order valence-corrected chi connectivity index (χ1v) is 12.7. The van der Waals surface area contributed by atoms with Crippen LogP contribution in [0, 0.1) is 5.82 Å². The highest BCUT2D eigenvalue weighted by molar-refractivity contribution is 7.93. The van der Waals surface area contributed by atoms with Crippen molar-refractivity contribution in [3.8, 4) is 22.8 Å². The maximum Gasteiger partial charge on any atom is 0.266 e. The fraction of sp³-hybridized carbons (Fsp3) is 0.150. The number of aromatic nitrogens is 4. The van der Waals surface area contributed by atoms with Crippen LogP contribution in [0.3, 0.4) is 0 Å². The van der Waals surface area contributed by atoms with Crippen LogP contribution in [0.5, 0.6) is 11.5 Å². The van der Waals surface area contributed by atoms with E-state index in [0.717, 1.165) is 23.5 Å². The molecule has 0 radical (unpaired) electrons. The zero-order valence-electron chi connectivity index (χ0n) is 17.4. The molecule has 9 nitrogen and oxygen atoms in total. The first kappa shape index (κ1) is 24.4. The Morgan fingerprint density at radius 1 is 1.18 bits per heavy atom. The minimum atomic E-state index is -4.29. The maximum atomic E-state index is 14.8. The zero-order chi connectivity index (χ0) is 24.3. The summed E-state index contributed by atoms with van der Waals surface area (Å²) in [6.07, 6.45) is 1.77. The van der Waals surface area contributed by atoms with Gasteiger partial charge in [-0.25, -0.2) is 12.8 Å². The van der Waals surface area contributed by atoms with Crippen LogP contribution in [-0.2, 0) is 21.3 Å². The lowest BCUT2D eigenvalue weighted by Gasteiger charge is -2.13. The highest BCUT2D eigenvalue weighted by Crippen LogP contribution is 2.39. The van der Waals surface area contributed by atoms with Crippen molar-refractivity contribution in [2.45, 2.75) is 11.4 Å². The molecule has 0 aliphatic carbocycles. The molecule has 0 bridgehead atoms. The monoisotopic (exact) mass is 543 g/mol. The van der Waals surface area contributed by atoms with E-state index < -0.39 is 20.7 Å². The van der Waals surface area contributed by atoms with Gasteiger partial charge in [-0.3, -0.25) is 9.40 Å². The third-order valence-electron chi connectivity index (χ3n) is 4.46. The first-order valence-electron chi connectivity index (χ1n) is 9.55. The van der Waals surface area contributed by atoms with Gasteiger partial charge in [0.05, 0.1) is 23.9 Å². The van der Waals surface area contributed by atoms with Crippen molar-refractivity contribution in [1.29, 1.82) is 0 Å². The average Bonchev–Trinajstić information content (AvgIpc) is 3.47. The van der Waals surface area contributed by atoms with Gasteiger partial charge in [-0.15, -0.1) is 10.2 Å². The minimum Gasteiger partial charge on any atom is -0.455 e. The number of rotatable bonds is 9. The molecule has 178 valence electrons. The van der Waals surface area contributed by atoms with Gasteiger partial charge in [0, 0.05) is 30.0 Å². The summed E-state index contributed by atoms with van der Waals surface area (Å²) in [6.45, 7) is 1.03. The van der Waals surface area contributed by atoms with Crippen molar-refractivity contribution >= 4 is 49.7 Å². The molecular formula is C20H16Cl2FN5O4S2. The summed E-state index contributed by atoms with van der Waals surface area (Å²) < 4.78 is 54.7. The molecule has 0 saturated carbocycles. The highest BCUT2D eigenvalue weighted by Gasteiger charge is 2.24. The van der Waals surface area contributed by atoms with Gasteiger partial charge in [0.2, 0.25) is 5.13 Å². The van der Waals surface area contributed by atoms with E-state index >= 15 is 0 Å². The summed E-state index contributed by atoms with van der Waals surface area (Å²) in [5, 5.41) is 11.9. The van der Waals surface area contributed by atoms with Crippen LogP contribution in [0.25, 0.3) is 11.3 Å². The number of halogens is 3. The summed E-state index contributed by atoms with van der Waals surface area (Å²) in [6, 6.07) is 8.45. The Morgan fingerprint density at radius 2 is 2.00 bits per heavy atom. The van der Waals surface area contributed by atoms with Gasteiger partial charge >= 0.3 is 0 Å². The third kappa shape index (κ3) is 5.47. The summed E-state index contributed by atoms with van der Waals surface area (Å²) in [5.74, 6) is -0.850. The number of sulfonamides is 1. The lowest BCUT2D eigenvalue weighted by Crippen LogP contribution is -2.14. The molecule has 34 heavy (non-hydrogen) atoms. The molecule has 0 atom stereocenters. The number of benzene rings is 2. The van der Waals surface area contributed by atoms with Crippen LogP contribution in [0.2, 0.25) is 10.0 Å². The van der Waals surface area contributed by atoms with Crippen molar-refractivity contribution < 1.29 is 22.3 Å². The number of anilines is 1. The van der Waals surface area contributed by atoms with E-state index in [1.807, 2.05) is 0 Å². The molecule has 14 heteroatoms. The summed E-state index contributed by atoms with van der Waals surface area (Å²) in [4.78, 5) is -0.659. The van der Waals surface area contributed by atoms with E-state index in [4.69, 9.17) is 32.7 Å². The SMILES string of the molecule is COCCn1ccc(-c2cc(Cl)ccc2Oc2cc(F)c(S(=O)(=O)Nc3nncs3)cc2Cl)n1. The Morgan fingerprint density at radius 3 is 2.74 bits per heavy atom. The van der Waals surface area contributed by atoms with Crippen LogP contribution in [0.1, 0.15) is 0 Å². The highest BCUT2D eigenvalue weighted by atomic mass is 35.5. The van der Waals surface area contributed by atoms with Crippen molar-refractivity contribution in [2.24, 2.45) is 0 Å². The van der Waals surface area contributed by atoms with E-state index in [1.165, 1.54) is 5.51 Å². The molecule has 0 saturated heterocycles. The van der Waals surface area contributed by atoms with Crippen molar-refractivity contribution in [3.63, 3.8) is 0 Å². The van der Waals surface area contributed by atoms with Gasteiger partial charge in [0.25, 0.3) is 10.0 Å². The van der Waals surface area contributed by atoms with Gasteiger partial charge < -0.3 is 9.47 Å². The lowest BCUT2D eigenvalue weighted by atomic mass is 10.1. The first-order chi connectivity index (χ1) is 16.3. The van der Waals surface area contributed by atoms with Crippen molar-refractivity contribution in [3.05, 3.63) is 64.0 Å². The van der Waals surface area contributed by atoms with E-state index in [0.29, 0.717) is 35.2 Å². The molecule has 0 aliphatic rings. The van der Waals surface area contributed by atoms with Gasteiger partial charge in [-0.1, -0.05) is 34.5 Å². The normalized spacial score (nSPS) is 11.5. The Bertz CT molecular complexity index is 1410. The van der Waals surface area contributed by atoms with E-state index in [-0.39, 0.29) is 15.9 Å². The number of nitrogens with one attached hydrogen (secondary N) is 1. The van der Waals surface area contributed by atoms with E-state index in [9.17, 15) is 12.8 Å². The molecular weight excluding hydrogens is 528 g/mol. The zero-order valence-corrected chi connectivity index (χ0v) is 20.6. The maximum absolute atomic E-state index is 14.8. The van der Waals surface area contributed by atoms with E-state index in [2.05, 4.69) is 20.0 Å². The summed E-state index contributed by atoms with van der Waals surface area (Å²) in [5.41, 5.74) is 2.43. The van der Waals surface area contributed by atoms with Crippen LogP contribution in [-0.4, -0.2) is 42.1 Å². The molecule has 0 spiro atoms. The second-order valence-electron chi connectivity index (χ2n) is 6.76. The fourth-order valence-corrected chi connectivity index (χ4v) is 5.12. The van der Waals surface area contributed by atoms with Crippen molar-refractivity contribution in [2.75, 3.05) is 18.4 Å². The quantitative estimate of drug-likeness (QED) is 0.313. The van der Waals surface area contributed by atoms with Gasteiger partial charge in [-0.05, 0) is 30.3 Å². The number of hydrogen-bond donors (Lipinski definition) is 1. The molecule has 0 amide bonds. The number of ether oxygens (including phenoxy) is 2. The van der Waals surface area contributed by atoms with Crippen LogP contribution < -0.4 is 9.46 Å². The molecule has 0 fully saturated rings.